The molecule has 3 heteroatoms. The summed E-state index contributed by atoms with van der Waals surface area (Å²) in [5, 5.41) is 1.41. The van der Waals surface area contributed by atoms with E-state index in [1.54, 1.807) is 0 Å². The van der Waals surface area contributed by atoms with Crippen molar-refractivity contribution in [2.75, 3.05) is 20.6 Å². The Labute approximate surface area is 136 Å². The van der Waals surface area contributed by atoms with Gasteiger partial charge in [0.15, 0.2) is 0 Å². The molecule has 0 aliphatic heterocycles. The number of fused-ring (bicyclic) bond motifs is 1. The number of aromatic nitrogens is 1. The highest BCUT2D eigenvalue weighted by molar-refractivity contribution is 7.19. The SMILES string of the molecule is CC(c1ccncc1)c1c(CCN(C)C)sc2ccccc12. The van der Waals surface area contributed by atoms with E-state index in [1.165, 1.54) is 26.1 Å². The van der Waals surface area contributed by atoms with Gasteiger partial charge in [0, 0.05) is 34.4 Å². The Morgan fingerprint density at radius 3 is 2.55 bits per heavy atom. The molecule has 0 spiro atoms. The van der Waals surface area contributed by atoms with Crippen molar-refractivity contribution >= 4 is 21.4 Å². The summed E-state index contributed by atoms with van der Waals surface area (Å²) >= 11 is 1.95. The molecule has 3 rings (SSSR count). The van der Waals surface area contributed by atoms with E-state index in [0.717, 1.165) is 13.0 Å². The van der Waals surface area contributed by atoms with Gasteiger partial charge in [0.1, 0.15) is 0 Å². The van der Waals surface area contributed by atoms with Gasteiger partial charge in [-0.2, -0.15) is 0 Å². The highest BCUT2D eigenvalue weighted by atomic mass is 32.1. The molecular formula is C19H22N2S. The number of likely N-dealkylation sites (N-methyl/N-ethyl adjacent to an activating group) is 1. The zero-order valence-electron chi connectivity index (χ0n) is 13.4. The maximum absolute atomic E-state index is 4.15. The lowest BCUT2D eigenvalue weighted by atomic mass is 9.91. The van der Waals surface area contributed by atoms with Crippen LogP contribution in [0.25, 0.3) is 10.1 Å². The lowest BCUT2D eigenvalue weighted by Gasteiger charge is -2.15. The summed E-state index contributed by atoms with van der Waals surface area (Å²) in [7, 11) is 4.28. The second kappa shape index (κ2) is 6.59. The minimum atomic E-state index is 0.399. The van der Waals surface area contributed by atoms with Crippen LogP contribution in [0.3, 0.4) is 0 Å². The summed E-state index contributed by atoms with van der Waals surface area (Å²) in [6.07, 6.45) is 4.89. The molecule has 1 unspecified atom stereocenters. The van der Waals surface area contributed by atoms with Gasteiger partial charge in [0.05, 0.1) is 0 Å². The van der Waals surface area contributed by atoms with Gasteiger partial charge in [-0.05, 0) is 55.2 Å². The molecule has 0 aliphatic carbocycles. The largest absolute Gasteiger partial charge is 0.309 e. The summed E-state index contributed by atoms with van der Waals surface area (Å²) in [4.78, 5) is 7.92. The quantitative estimate of drug-likeness (QED) is 0.687. The molecule has 0 amide bonds. The van der Waals surface area contributed by atoms with Gasteiger partial charge in [-0.3, -0.25) is 4.98 Å². The fraction of sp³-hybridized carbons (Fsp3) is 0.316. The van der Waals surface area contributed by atoms with Crippen LogP contribution in [0.15, 0.2) is 48.8 Å². The van der Waals surface area contributed by atoms with Gasteiger partial charge in [0.25, 0.3) is 0 Å². The second-order valence-electron chi connectivity index (χ2n) is 5.99. The highest BCUT2D eigenvalue weighted by Crippen LogP contribution is 2.39. The normalized spacial score (nSPS) is 12.9. The number of nitrogens with zero attached hydrogens (tertiary/aromatic N) is 2. The Morgan fingerprint density at radius 2 is 1.82 bits per heavy atom. The minimum absolute atomic E-state index is 0.399. The molecule has 1 atom stereocenters. The average Bonchev–Trinajstić information content (AvgIpc) is 2.91. The Bertz CT molecular complexity index is 746. The predicted octanol–water partition coefficient (Wildman–Crippen LogP) is 4.55. The van der Waals surface area contributed by atoms with Gasteiger partial charge >= 0.3 is 0 Å². The molecule has 0 saturated carbocycles. The van der Waals surface area contributed by atoms with E-state index >= 15 is 0 Å². The van der Waals surface area contributed by atoms with E-state index < -0.39 is 0 Å². The minimum Gasteiger partial charge on any atom is -0.309 e. The summed E-state index contributed by atoms with van der Waals surface area (Å²) in [5.41, 5.74) is 2.83. The number of hydrogen-bond donors (Lipinski definition) is 0. The molecule has 2 nitrogen and oxygen atoms in total. The van der Waals surface area contributed by atoms with Crippen molar-refractivity contribution in [1.82, 2.24) is 9.88 Å². The third-order valence-corrected chi connectivity index (χ3v) is 5.38. The van der Waals surface area contributed by atoms with E-state index in [0.29, 0.717) is 5.92 Å². The monoisotopic (exact) mass is 310 g/mol. The van der Waals surface area contributed by atoms with Crippen LogP contribution in [0.1, 0.15) is 28.8 Å². The Hall–Kier alpha value is -1.71. The van der Waals surface area contributed by atoms with Gasteiger partial charge in [-0.15, -0.1) is 11.3 Å². The topological polar surface area (TPSA) is 16.1 Å². The smallest absolute Gasteiger partial charge is 0.0348 e. The molecule has 2 aromatic heterocycles. The molecule has 22 heavy (non-hydrogen) atoms. The Morgan fingerprint density at radius 1 is 1.09 bits per heavy atom. The van der Waals surface area contributed by atoms with Gasteiger partial charge in [0.2, 0.25) is 0 Å². The molecule has 114 valence electrons. The molecule has 0 saturated heterocycles. The molecule has 0 N–H and O–H groups in total. The lowest BCUT2D eigenvalue weighted by molar-refractivity contribution is 0.414. The molecule has 0 aliphatic rings. The number of hydrogen-bond acceptors (Lipinski definition) is 3. The van der Waals surface area contributed by atoms with Crippen LogP contribution in [-0.4, -0.2) is 30.5 Å². The van der Waals surface area contributed by atoms with E-state index in [9.17, 15) is 0 Å². The summed E-state index contributed by atoms with van der Waals surface area (Å²) in [6, 6.07) is 13.0. The van der Waals surface area contributed by atoms with Crippen LogP contribution < -0.4 is 0 Å². The summed E-state index contributed by atoms with van der Waals surface area (Å²) < 4.78 is 1.40. The van der Waals surface area contributed by atoms with Gasteiger partial charge in [-0.1, -0.05) is 25.1 Å². The number of benzene rings is 1. The Balaban J connectivity index is 2.07. The first-order valence-electron chi connectivity index (χ1n) is 7.71. The molecule has 0 bridgehead atoms. The maximum Gasteiger partial charge on any atom is 0.0348 e. The van der Waals surface area contributed by atoms with Gasteiger partial charge < -0.3 is 4.90 Å². The van der Waals surface area contributed by atoms with Crippen LogP contribution in [0.2, 0.25) is 0 Å². The van der Waals surface area contributed by atoms with E-state index in [1.807, 2.05) is 23.7 Å². The van der Waals surface area contributed by atoms with Crippen LogP contribution >= 0.6 is 11.3 Å². The van der Waals surface area contributed by atoms with Crippen molar-refractivity contribution in [2.24, 2.45) is 0 Å². The average molecular weight is 310 g/mol. The van der Waals surface area contributed by atoms with Crippen molar-refractivity contribution < 1.29 is 0 Å². The van der Waals surface area contributed by atoms with E-state index in [-0.39, 0.29) is 0 Å². The van der Waals surface area contributed by atoms with Crippen molar-refractivity contribution in [3.05, 3.63) is 64.8 Å². The molecule has 1 aromatic carbocycles. The van der Waals surface area contributed by atoms with E-state index in [2.05, 4.69) is 67.3 Å². The van der Waals surface area contributed by atoms with Crippen LogP contribution in [-0.2, 0) is 6.42 Å². The summed E-state index contributed by atoms with van der Waals surface area (Å²) in [5.74, 6) is 0.399. The van der Waals surface area contributed by atoms with Crippen molar-refractivity contribution in [1.29, 1.82) is 0 Å². The van der Waals surface area contributed by atoms with Gasteiger partial charge in [-0.25, -0.2) is 0 Å². The van der Waals surface area contributed by atoms with Crippen LogP contribution in [0.4, 0.5) is 0 Å². The molecule has 2 heterocycles. The fourth-order valence-electron chi connectivity index (χ4n) is 2.92. The first-order valence-corrected chi connectivity index (χ1v) is 8.53. The zero-order chi connectivity index (χ0) is 15.5. The van der Waals surface area contributed by atoms with Crippen molar-refractivity contribution in [2.45, 2.75) is 19.3 Å². The standard InChI is InChI=1S/C19H22N2S/c1-14(15-8-11-20-12-9-15)19-16-6-4-5-7-17(16)22-18(19)10-13-21(2)3/h4-9,11-12,14H,10,13H2,1-3H3. The first-order chi connectivity index (χ1) is 10.7. The zero-order valence-corrected chi connectivity index (χ0v) is 14.2. The lowest BCUT2D eigenvalue weighted by Crippen LogP contribution is -2.15. The third kappa shape index (κ3) is 3.06. The van der Waals surface area contributed by atoms with E-state index in [4.69, 9.17) is 0 Å². The fourth-order valence-corrected chi connectivity index (χ4v) is 4.21. The summed E-state index contributed by atoms with van der Waals surface area (Å²) in [6.45, 7) is 3.39. The molecule has 0 radical (unpaired) electrons. The van der Waals surface area contributed by atoms with Crippen LogP contribution in [0.5, 0.6) is 0 Å². The molecular weight excluding hydrogens is 288 g/mol. The molecule has 3 aromatic rings. The van der Waals surface area contributed by atoms with Crippen molar-refractivity contribution in [3.63, 3.8) is 0 Å². The molecule has 0 fully saturated rings. The van der Waals surface area contributed by atoms with Crippen molar-refractivity contribution in [3.8, 4) is 0 Å². The third-order valence-electron chi connectivity index (χ3n) is 4.14. The maximum atomic E-state index is 4.15. The first kappa shape index (κ1) is 15.2. The number of thiophene rings is 1. The van der Waals surface area contributed by atoms with Crippen LogP contribution in [0, 0.1) is 0 Å². The Kier molecular flexibility index (Phi) is 4.55. The highest BCUT2D eigenvalue weighted by Gasteiger charge is 2.18. The number of rotatable bonds is 5. The number of pyridine rings is 1. The predicted molar refractivity (Wildman–Crippen MR) is 95.8 cm³/mol. The second-order valence-corrected chi connectivity index (χ2v) is 7.13.